The zero-order chi connectivity index (χ0) is 10.1. The van der Waals surface area contributed by atoms with E-state index in [4.69, 9.17) is 0 Å². The van der Waals surface area contributed by atoms with Gasteiger partial charge in [-0.3, -0.25) is 9.69 Å². The summed E-state index contributed by atoms with van der Waals surface area (Å²) in [6.45, 7) is 0.370. The van der Waals surface area contributed by atoms with Crippen LogP contribution in [-0.2, 0) is 6.54 Å². The van der Waals surface area contributed by atoms with Crippen LogP contribution in [0.2, 0.25) is 0 Å². The third-order valence-corrected chi connectivity index (χ3v) is 2.28. The Hall–Kier alpha value is -1.88. The lowest BCUT2D eigenvalue weighted by Gasteiger charge is -2.11. The lowest BCUT2D eigenvalue weighted by molar-refractivity contribution is 0.0822. The Bertz CT molecular complexity index is 403. The fourth-order valence-electron chi connectivity index (χ4n) is 1.55. The Morgan fingerprint density at radius 1 is 1.40 bits per heavy atom. The van der Waals surface area contributed by atoms with Crippen molar-refractivity contribution < 1.29 is 15.1 Å². The highest BCUT2D eigenvalue weighted by molar-refractivity contribution is 6.07. The smallest absolute Gasteiger partial charge is 0.324 e. The number of carbonyl (C=O) groups is 2. The van der Waals surface area contributed by atoms with Gasteiger partial charge >= 0.3 is 6.03 Å². The van der Waals surface area contributed by atoms with Gasteiger partial charge < -0.3 is 10.8 Å². The van der Waals surface area contributed by atoms with E-state index in [1.54, 1.807) is 12.1 Å². The minimum absolute atomic E-state index is 0. The largest absolute Gasteiger partial charge is 0.412 e. The number of nitrogens with one attached hydrogen (secondary N) is 1. The molecule has 0 atom stereocenters. The average molecular weight is 208 g/mol. The average Bonchev–Trinajstić information content (AvgIpc) is 2.56. The number of fused-ring (bicyclic) bond motifs is 1. The minimum atomic E-state index is -0.355. The van der Waals surface area contributed by atoms with Crippen molar-refractivity contribution in [3.05, 3.63) is 35.4 Å². The summed E-state index contributed by atoms with van der Waals surface area (Å²) in [5.74, 6) is -0.222. The molecule has 0 bridgehead atoms. The van der Waals surface area contributed by atoms with E-state index < -0.39 is 0 Å². The Balaban J connectivity index is 0.00000112. The molecule has 0 spiro atoms. The molecule has 0 saturated carbocycles. The van der Waals surface area contributed by atoms with Gasteiger partial charge in [0.2, 0.25) is 0 Å². The molecule has 1 aliphatic rings. The summed E-state index contributed by atoms with van der Waals surface area (Å²) < 4.78 is 0. The Morgan fingerprint density at radius 2 is 2.07 bits per heavy atom. The molecule has 0 aliphatic carbocycles. The maximum atomic E-state index is 11.7. The van der Waals surface area contributed by atoms with Gasteiger partial charge in [-0.2, -0.15) is 0 Å². The highest BCUT2D eigenvalue weighted by Gasteiger charge is 2.30. The maximum Gasteiger partial charge on any atom is 0.324 e. The molecule has 80 valence electrons. The third kappa shape index (κ3) is 1.69. The zero-order valence-corrected chi connectivity index (χ0v) is 8.28. The van der Waals surface area contributed by atoms with Crippen molar-refractivity contribution >= 4 is 11.9 Å². The molecule has 3 amide bonds. The Labute approximate surface area is 87.0 Å². The van der Waals surface area contributed by atoms with Crippen LogP contribution in [0.5, 0.6) is 0 Å². The summed E-state index contributed by atoms with van der Waals surface area (Å²) in [6.07, 6.45) is 0. The topological polar surface area (TPSA) is 80.9 Å². The normalized spacial score (nSPS) is 13.1. The molecule has 5 nitrogen and oxygen atoms in total. The SMILES string of the molecule is CNC(=O)N1Cc2ccccc2C1=O.O. The quantitative estimate of drug-likeness (QED) is 0.658. The Morgan fingerprint density at radius 3 is 2.67 bits per heavy atom. The number of hydrogen-bond acceptors (Lipinski definition) is 2. The van der Waals surface area contributed by atoms with Crippen LogP contribution in [0.1, 0.15) is 15.9 Å². The number of urea groups is 1. The van der Waals surface area contributed by atoms with Crippen molar-refractivity contribution in [2.24, 2.45) is 0 Å². The second-order valence-corrected chi connectivity index (χ2v) is 3.10. The van der Waals surface area contributed by atoms with E-state index in [0.717, 1.165) is 5.56 Å². The van der Waals surface area contributed by atoms with E-state index in [-0.39, 0.29) is 17.4 Å². The van der Waals surface area contributed by atoms with Crippen LogP contribution in [0.4, 0.5) is 4.79 Å². The van der Waals surface area contributed by atoms with Crippen LogP contribution in [0.3, 0.4) is 0 Å². The van der Waals surface area contributed by atoms with Crippen LogP contribution in [0.25, 0.3) is 0 Å². The van der Waals surface area contributed by atoms with Crippen molar-refractivity contribution in [2.75, 3.05) is 7.05 Å². The van der Waals surface area contributed by atoms with Crippen molar-refractivity contribution in [2.45, 2.75) is 6.54 Å². The number of benzene rings is 1. The molecule has 1 heterocycles. The fourth-order valence-corrected chi connectivity index (χ4v) is 1.55. The zero-order valence-electron chi connectivity index (χ0n) is 8.28. The second-order valence-electron chi connectivity index (χ2n) is 3.10. The van der Waals surface area contributed by atoms with Gasteiger partial charge in [0.1, 0.15) is 0 Å². The van der Waals surface area contributed by atoms with E-state index in [0.29, 0.717) is 12.1 Å². The summed E-state index contributed by atoms with van der Waals surface area (Å²) in [6, 6.07) is 6.89. The molecule has 0 aromatic heterocycles. The molecule has 1 aliphatic heterocycles. The van der Waals surface area contributed by atoms with Gasteiger partial charge in [-0.05, 0) is 11.6 Å². The first kappa shape index (κ1) is 11.2. The molecular formula is C10H12N2O3. The Kier molecular flexibility index (Phi) is 3.06. The summed E-state index contributed by atoms with van der Waals surface area (Å²) in [4.78, 5) is 24.1. The number of imide groups is 1. The van der Waals surface area contributed by atoms with E-state index in [2.05, 4.69) is 5.32 Å². The lowest BCUT2D eigenvalue weighted by atomic mass is 10.1. The van der Waals surface area contributed by atoms with Crippen LogP contribution in [0.15, 0.2) is 24.3 Å². The van der Waals surface area contributed by atoms with E-state index in [1.165, 1.54) is 11.9 Å². The van der Waals surface area contributed by atoms with Crippen LogP contribution < -0.4 is 5.32 Å². The van der Waals surface area contributed by atoms with Gasteiger partial charge in [0, 0.05) is 12.6 Å². The minimum Gasteiger partial charge on any atom is -0.412 e. The molecular weight excluding hydrogens is 196 g/mol. The highest BCUT2D eigenvalue weighted by Crippen LogP contribution is 2.21. The van der Waals surface area contributed by atoms with Crippen molar-refractivity contribution in [1.82, 2.24) is 10.2 Å². The molecule has 2 rings (SSSR count). The molecule has 0 saturated heterocycles. The first-order valence-corrected chi connectivity index (χ1v) is 4.35. The van der Waals surface area contributed by atoms with Crippen molar-refractivity contribution in [3.8, 4) is 0 Å². The van der Waals surface area contributed by atoms with E-state index in [1.807, 2.05) is 12.1 Å². The monoisotopic (exact) mass is 208 g/mol. The van der Waals surface area contributed by atoms with Crippen molar-refractivity contribution in [1.29, 1.82) is 0 Å². The van der Waals surface area contributed by atoms with Crippen molar-refractivity contribution in [3.63, 3.8) is 0 Å². The van der Waals surface area contributed by atoms with E-state index in [9.17, 15) is 9.59 Å². The molecule has 0 radical (unpaired) electrons. The van der Waals surface area contributed by atoms with Gasteiger partial charge in [-0.1, -0.05) is 18.2 Å². The predicted octanol–water partition coefficient (Wildman–Crippen LogP) is 0.157. The van der Waals surface area contributed by atoms with Gasteiger partial charge in [-0.25, -0.2) is 4.79 Å². The first-order valence-electron chi connectivity index (χ1n) is 4.35. The summed E-state index contributed by atoms with van der Waals surface area (Å²) >= 11 is 0. The third-order valence-electron chi connectivity index (χ3n) is 2.28. The molecule has 1 aromatic carbocycles. The van der Waals surface area contributed by atoms with Gasteiger partial charge in [-0.15, -0.1) is 0 Å². The summed E-state index contributed by atoms with van der Waals surface area (Å²) in [5.41, 5.74) is 1.53. The maximum absolute atomic E-state index is 11.7. The molecule has 15 heavy (non-hydrogen) atoms. The molecule has 0 unspecified atom stereocenters. The number of hydrogen-bond donors (Lipinski definition) is 1. The second kappa shape index (κ2) is 4.10. The standard InChI is InChI=1S/C10H10N2O2.H2O/c1-11-10(14)12-6-7-4-2-3-5-8(7)9(12)13;/h2-5H,6H2,1H3,(H,11,14);1H2. The van der Waals surface area contributed by atoms with Crippen LogP contribution in [-0.4, -0.2) is 29.4 Å². The first-order chi connectivity index (χ1) is 6.74. The number of amides is 3. The highest BCUT2D eigenvalue weighted by atomic mass is 16.2. The fraction of sp³-hybridized carbons (Fsp3) is 0.200. The molecule has 5 heteroatoms. The van der Waals surface area contributed by atoms with Gasteiger partial charge in [0.05, 0.1) is 6.54 Å². The lowest BCUT2D eigenvalue weighted by Crippen LogP contribution is -2.38. The summed E-state index contributed by atoms with van der Waals surface area (Å²) in [7, 11) is 1.51. The number of rotatable bonds is 0. The number of carbonyl (C=O) groups excluding carboxylic acids is 2. The van der Waals surface area contributed by atoms with Gasteiger partial charge in [0.25, 0.3) is 5.91 Å². The molecule has 3 N–H and O–H groups in total. The number of nitrogens with zero attached hydrogens (tertiary/aromatic N) is 1. The van der Waals surface area contributed by atoms with Crippen LogP contribution >= 0.6 is 0 Å². The summed E-state index contributed by atoms with van der Waals surface area (Å²) in [5, 5.41) is 2.44. The van der Waals surface area contributed by atoms with Gasteiger partial charge in [0.15, 0.2) is 0 Å². The van der Waals surface area contributed by atoms with E-state index >= 15 is 0 Å². The predicted molar refractivity (Wildman–Crippen MR) is 54.4 cm³/mol. The van der Waals surface area contributed by atoms with Crippen LogP contribution in [0, 0.1) is 0 Å². The molecule has 0 fully saturated rings. The molecule has 1 aromatic rings.